The van der Waals surface area contributed by atoms with Gasteiger partial charge in [-0.05, 0) is 44.5 Å². The van der Waals surface area contributed by atoms with Crippen molar-refractivity contribution < 1.29 is 9.47 Å². The number of para-hydroxylation sites is 1. The minimum absolute atomic E-state index is 0.769. The van der Waals surface area contributed by atoms with Crippen molar-refractivity contribution >= 4 is 17.0 Å². The quantitative estimate of drug-likeness (QED) is 0.740. The predicted octanol–water partition coefficient (Wildman–Crippen LogP) is 1.38. The van der Waals surface area contributed by atoms with Crippen molar-refractivity contribution in [1.82, 2.24) is 9.97 Å². The van der Waals surface area contributed by atoms with E-state index in [-0.39, 0.29) is 0 Å². The Balaban J connectivity index is 2.04. The van der Waals surface area contributed by atoms with Crippen molar-refractivity contribution in [3.63, 3.8) is 0 Å². The van der Waals surface area contributed by atoms with Crippen molar-refractivity contribution in [2.24, 2.45) is 4.99 Å². The molecule has 4 rings (SSSR count). The lowest BCUT2D eigenvalue weighted by molar-refractivity contribution is 0.372. The smallest absolute Gasteiger partial charge is 0.156 e. The monoisotopic (exact) mass is 361 g/mol. The second-order valence-corrected chi connectivity index (χ2v) is 6.77. The lowest BCUT2D eigenvalue weighted by Crippen LogP contribution is -2.22. The van der Waals surface area contributed by atoms with Gasteiger partial charge in [0.1, 0.15) is 11.4 Å². The van der Waals surface area contributed by atoms with E-state index in [1.165, 1.54) is 5.56 Å². The molecule has 0 saturated carbocycles. The molecule has 5 nitrogen and oxygen atoms in total. The molecule has 0 atom stereocenters. The number of H-pyrrole nitrogens is 2. The van der Waals surface area contributed by atoms with Crippen molar-refractivity contribution in [3.8, 4) is 5.75 Å². The Morgan fingerprint density at radius 2 is 1.78 bits per heavy atom. The summed E-state index contributed by atoms with van der Waals surface area (Å²) in [5.41, 5.74) is 5.33. The molecule has 0 fully saturated rings. The highest BCUT2D eigenvalue weighted by Gasteiger charge is 2.16. The van der Waals surface area contributed by atoms with E-state index < -0.39 is 0 Å². The number of benzene rings is 1. The van der Waals surface area contributed by atoms with Crippen LogP contribution in [0.5, 0.6) is 5.75 Å². The van der Waals surface area contributed by atoms with Gasteiger partial charge in [-0.1, -0.05) is 12.1 Å². The maximum Gasteiger partial charge on any atom is 0.156 e. The Labute approximate surface area is 157 Å². The molecule has 3 heterocycles. The van der Waals surface area contributed by atoms with Gasteiger partial charge in [-0.2, -0.15) is 0 Å². The van der Waals surface area contributed by atoms with E-state index in [0.29, 0.717) is 0 Å². The number of rotatable bonds is 3. The summed E-state index contributed by atoms with van der Waals surface area (Å²) in [4.78, 5) is 11.7. The standard InChI is InChI=1S/C22H23N3O2/c1-12-10-13(2)23-19(12)14(3)20-18(26-4)11-17(25-20)21-22(27-5)15-8-6-7-9-16(15)24-21/h6-11,23,25H,1-5H3/b20-14+,21-17?. The molecule has 1 aromatic carbocycles. The minimum Gasteiger partial charge on any atom is -0.494 e. The lowest BCUT2D eigenvalue weighted by atomic mass is 10.1. The highest BCUT2D eigenvalue weighted by molar-refractivity contribution is 5.84. The Morgan fingerprint density at radius 3 is 2.44 bits per heavy atom. The number of aromatic nitrogens is 2. The van der Waals surface area contributed by atoms with Crippen molar-refractivity contribution in [2.45, 2.75) is 20.8 Å². The first-order valence-corrected chi connectivity index (χ1v) is 8.90. The van der Waals surface area contributed by atoms with E-state index >= 15 is 0 Å². The van der Waals surface area contributed by atoms with E-state index in [2.05, 4.69) is 36.8 Å². The van der Waals surface area contributed by atoms with Crippen molar-refractivity contribution in [1.29, 1.82) is 0 Å². The molecule has 3 aromatic rings. The first-order valence-electron chi connectivity index (χ1n) is 8.90. The van der Waals surface area contributed by atoms with E-state index in [0.717, 1.165) is 55.4 Å². The molecule has 0 bridgehead atoms. The van der Waals surface area contributed by atoms with Gasteiger partial charge < -0.3 is 19.4 Å². The van der Waals surface area contributed by atoms with Gasteiger partial charge in [-0.15, -0.1) is 0 Å². The van der Waals surface area contributed by atoms with E-state index in [4.69, 9.17) is 14.5 Å². The average Bonchev–Trinajstić information content (AvgIpc) is 3.34. The zero-order valence-electron chi connectivity index (χ0n) is 16.2. The van der Waals surface area contributed by atoms with Gasteiger partial charge in [0.25, 0.3) is 0 Å². The van der Waals surface area contributed by atoms with Gasteiger partial charge in [0.2, 0.25) is 0 Å². The zero-order valence-corrected chi connectivity index (χ0v) is 16.2. The second-order valence-electron chi connectivity index (χ2n) is 6.77. The molecule has 2 N–H and O–H groups in total. The van der Waals surface area contributed by atoms with Crippen LogP contribution in [-0.2, 0) is 4.74 Å². The third kappa shape index (κ3) is 2.76. The largest absolute Gasteiger partial charge is 0.494 e. The SMILES string of the molecule is COC1=c2ccccc2=NC1=c1cc(OC)/c(=C(/C)c2[nH]c(C)cc2C)[nH]1. The fourth-order valence-corrected chi connectivity index (χ4v) is 3.70. The van der Waals surface area contributed by atoms with Gasteiger partial charge in [0, 0.05) is 28.2 Å². The van der Waals surface area contributed by atoms with Crippen LogP contribution in [0, 0.1) is 13.8 Å². The number of nitrogens with zero attached hydrogens (tertiary/aromatic N) is 1. The van der Waals surface area contributed by atoms with E-state index in [1.54, 1.807) is 14.2 Å². The Morgan fingerprint density at radius 1 is 1.00 bits per heavy atom. The summed E-state index contributed by atoms with van der Waals surface area (Å²) in [5, 5.41) is 3.72. The summed E-state index contributed by atoms with van der Waals surface area (Å²) in [7, 11) is 3.36. The molecule has 0 saturated heterocycles. The molecular weight excluding hydrogens is 338 g/mol. The molecule has 2 aromatic heterocycles. The van der Waals surface area contributed by atoms with Gasteiger partial charge >= 0.3 is 0 Å². The predicted molar refractivity (Wildman–Crippen MR) is 106 cm³/mol. The number of nitrogens with one attached hydrogen (secondary N) is 2. The maximum absolute atomic E-state index is 5.67. The Hall–Kier alpha value is -3.21. The first-order chi connectivity index (χ1) is 13.0. The molecule has 27 heavy (non-hydrogen) atoms. The number of aromatic amines is 2. The van der Waals surface area contributed by atoms with Gasteiger partial charge in [0.05, 0.1) is 30.3 Å². The number of hydrogen-bond acceptors (Lipinski definition) is 3. The normalized spacial score (nSPS) is 16.1. The molecule has 0 spiro atoms. The highest BCUT2D eigenvalue weighted by Crippen LogP contribution is 2.18. The summed E-state index contributed by atoms with van der Waals surface area (Å²) in [6.45, 7) is 6.25. The second kappa shape index (κ2) is 6.50. The Bertz CT molecular complexity index is 1280. The van der Waals surface area contributed by atoms with E-state index in [1.807, 2.05) is 30.3 Å². The average molecular weight is 361 g/mol. The van der Waals surface area contributed by atoms with E-state index in [9.17, 15) is 0 Å². The van der Waals surface area contributed by atoms with Crippen LogP contribution in [0.4, 0.5) is 0 Å². The number of fused-ring (bicyclic) bond motifs is 1. The molecule has 5 heteroatoms. The van der Waals surface area contributed by atoms with Crippen LogP contribution in [0.2, 0.25) is 0 Å². The number of methoxy groups -OCH3 is 2. The van der Waals surface area contributed by atoms with Crippen LogP contribution < -0.4 is 26.0 Å². The third-order valence-electron chi connectivity index (χ3n) is 4.96. The molecule has 1 aliphatic heterocycles. The highest BCUT2D eigenvalue weighted by atomic mass is 16.5. The fourth-order valence-electron chi connectivity index (χ4n) is 3.70. The van der Waals surface area contributed by atoms with Crippen molar-refractivity contribution in [3.05, 3.63) is 74.6 Å². The van der Waals surface area contributed by atoms with Crippen LogP contribution >= 0.6 is 0 Å². The zero-order chi connectivity index (χ0) is 19.1. The molecule has 1 aliphatic rings. The van der Waals surface area contributed by atoms with Gasteiger partial charge in [0.15, 0.2) is 5.76 Å². The third-order valence-corrected chi connectivity index (χ3v) is 4.96. The fraction of sp³-hybridized carbons (Fsp3) is 0.227. The summed E-state index contributed by atoms with van der Waals surface area (Å²) < 4.78 is 11.3. The van der Waals surface area contributed by atoms with Crippen LogP contribution in [0.15, 0.2) is 41.4 Å². The first kappa shape index (κ1) is 17.2. The topological polar surface area (TPSA) is 62.4 Å². The van der Waals surface area contributed by atoms with Crippen LogP contribution in [0.25, 0.3) is 17.0 Å². The molecule has 0 amide bonds. The summed E-state index contributed by atoms with van der Waals surface area (Å²) >= 11 is 0. The minimum atomic E-state index is 0.769. The Kier molecular flexibility index (Phi) is 4.15. The number of hydrogen-bond donors (Lipinski definition) is 2. The van der Waals surface area contributed by atoms with Crippen molar-refractivity contribution in [2.75, 3.05) is 14.2 Å². The molecule has 0 aliphatic carbocycles. The molecule has 0 unspecified atom stereocenters. The van der Waals surface area contributed by atoms with Gasteiger partial charge in [-0.25, -0.2) is 4.99 Å². The summed E-state index contributed by atoms with van der Waals surface area (Å²) in [5.74, 6) is 1.55. The molecule has 0 radical (unpaired) electrons. The number of ether oxygens (including phenoxy) is 2. The molecular formula is C22H23N3O2. The van der Waals surface area contributed by atoms with Crippen LogP contribution in [-0.4, -0.2) is 24.2 Å². The van der Waals surface area contributed by atoms with Crippen LogP contribution in [0.3, 0.4) is 0 Å². The number of aryl methyl sites for hydroxylation is 2. The lowest BCUT2D eigenvalue weighted by Gasteiger charge is -2.02. The van der Waals surface area contributed by atoms with Gasteiger partial charge in [-0.3, -0.25) is 0 Å². The summed E-state index contributed by atoms with van der Waals surface area (Å²) in [6.07, 6.45) is 0. The van der Waals surface area contributed by atoms with Crippen LogP contribution in [0.1, 0.15) is 23.9 Å². The molecule has 138 valence electrons. The summed E-state index contributed by atoms with van der Waals surface area (Å²) in [6, 6.07) is 12.1. The maximum atomic E-state index is 5.67.